The molecule has 0 heterocycles. The van der Waals surface area contributed by atoms with Crippen LogP contribution in [0.25, 0.3) is 0 Å². The van der Waals surface area contributed by atoms with Crippen molar-refractivity contribution in [3.63, 3.8) is 0 Å². The lowest BCUT2D eigenvalue weighted by Crippen LogP contribution is -2.21. The number of anilines is 2. The number of sulfonamides is 1. The number of aryl methyl sites for hydroxylation is 1. The predicted molar refractivity (Wildman–Crippen MR) is 114 cm³/mol. The number of hydrogen-bond acceptors (Lipinski definition) is 4. The number of hydrogen-bond donors (Lipinski definition) is 2. The fraction of sp³-hybridized carbons (Fsp3) is 0.0952. The zero-order chi connectivity index (χ0) is 21.7. The highest BCUT2D eigenvalue weighted by molar-refractivity contribution is 7.92. The van der Waals surface area contributed by atoms with Gasteiger partial charge in [0, 0.05) is 5.69 Å². The van der Waals surface area contributed by atoms with Crippen molar-refractivity contribution in [1.82, 2.24) is 0 Å². The third kappa shape index (κ3) is 5.49. The third-order valence-electron chi connectivity index (χ3n) is 4.06. The molecule has 3 aromatic carbocycles. The van der Waals surface area contributed by atoms with Crippen LogP contribution in [0.4, 0.5) is 15.8 Å². The molecule has 0 aliphatic rings. The number of halogens is 2. The van der Waals surface area contributed by atoms with Crippen LogP contribution in [0.15, 0.2) is 71.6 Å². The molecule has 0 saturated heterocycles. The molecule has 1 amide bonds. The van der Waals surface area contributed by atoms with E-state index in [4.69, 9.17) is 16.3 Å². The molecule has 0 aromatic heterocycles. The molecule has 0 radical (unpaired) electrons. The summed E-state index contributed by atoms with van der Waals surface area (Å²) in [5.41, 5.74) is 1.03. The summed E-state index contributed by atoms with van der Waals surface area (Å²) in [7, 11) is -3.94. The van der Waals surface area contributed by atoms with Crippen LogP contribution >= 0.6 is 11.6 Å². The third-order valence-corrected chi connectivity index (χ3v) is 5.90. The van der Waals surface area contributed by atoms with Crippen molar-refractivity contribution < 1.29 is 22.3 Å². The average molecular weight is 449 g/mol. The van der Waals surface area contributed by atoms with E-state index < -0.39 is 21.7 Å². The van der Waals surface area contributed by atoms with Gasteiger partial charge >= 0.3 is 0 Å². The quantitative estimate of drug-likeness (QED) is 0.553. The van der Waals surface area contributed by atoms with Crippen molar-refractivity contribution in [2.75, 3.05) is 16.6 Å². The molecule has 9 heteroatoms. The van der Waals surface area contributed by atoms with Crippen molar-refractivity contribution in [1.29, 1.82) is 0 Å². The maximum absolute atomic E-state index is 12.9. The number of carbonyl (C=O) groups excluding carboxylic acids is 1. The number of ether oxygens (including phenoxy) is 1. The van der Waals surface area contributed by atoms with Crippen molar-refractivity contribution in [3.8, 4) is 5.75 Å². The van der Waals surface area contributed by atoms with Gasteiger partial charge in [0.2, 0.25) is 0 Å². The standard InChI is InChI=1S/C21H18ClFN2O4S/c1-14-6-9-16(24-21(26)13-29-17-10-7-15(23)8-11-17)12-20(14)30(27,28)25-19-5-3-2-4-18(19)22/h2-12,25H,13H2,1H3,(H,24,26). The maximum Gasteiger partial charge on any atom is 0.262 e. The first-order valence-electron chi connectivity index (χ1n) is 8.81. The predicted octanol–water partition coefficient (Wildman–Crippen LogP) is 4.61. The van der Waals surface area contributed by atoms with Crippen LogP contribution in [0, 0.1) is 12.7 Å². The molecule has 0 spiro atoms. The van der Waals surface area contributed by atoms with Gasteiger partial charge in [-0.05, 0) is 61.0 Å². The summed E-state index contributed by atoms with van der Waals surface area (Å²) >= 11 is 6.03. The fourth-order valence-electron chi connectivity index (χ4n) is 2.59. The number of rotatable bonds is 7. The van der Waals surface area contributed by atoms with E-state index in [-0.39, 0.29) is 27.9 Å². The normalized spacial score (nSPS) is 11.0. The molecule has 2 N–H and O–H groups in total. The summed E-state index contributed by atoms with van der Waals surface area (Å²) < 4.78 is 46.3. The van der Waals surface area contributed by atoms with Gasteiger partial charge in [0.25, 0.3) is 15.9 Å². The number of amides is 1. The smallest absolute Gasteiger partial charge is 0.262 e. The largest absolute Gasteiger partial charge is 0.484 e. The van der Waals surface area contributed by atoms with Crippen molar-refractivity contribution in [3.05, 3.63) is 83.1 Å². The lowest BCUT2D eigenvalue weighted by molar-refractivity contribution is -0.118. The van der Waals surface area contributed by atoms with Gasteiger partial charge in [0.05, 0.1) is 15.6 Å². The second-order valence-corrected chi connectivity index (χ2v) is 8.41. The highest BCUT2D eigenvalue weighted by Gasteiger charge is 2.19. The fourth-order valence-corrected chi connectivity index (χ4v) is 4.18. The van der Waals surface area contributed by atoms with E-state index in [1.165, 1.54) is 30.3 Å². The minimum atomic E-state index is -3.94. The van der Waals surface area contributed by atoms with Crippen LogP contribution in [0.5, 0.6) is 5.75 Å². The number of nitrogens with one attached hydrogen (secondary N) is 2. The second-order valence-electron chi connectivity index (χ2n) is 6.36. The molecule has 0 unspecified atom stereocenters. The Morgan fingerprint density at radius 1 is 1.07 bits per heavy atom. The molecule has 0 atom stereocenters. The van der Waals surface area contributed by atoms with E-state index in [1.54, 1.807) is 43.3 Å². The molecule has 3 rings (SSSR count). The van der Waals surface area contributed by atoms with Gasteiger partial charge in [-0.1, -0.05) is 29.8 Å². The lowest BCUT2D eigenvalue weighted by Gasteiger charge is -2.13. The van der Waals surface area contributed by atoms with Gasteiger partial charge in [-0.2, -0.15) is 0 Å². The highest BCUT2D eigenvalue weighted by atomic mass is 35.5. The van der Waals surface area contributed by atoms with Crippen LogP contribution in [0.1, 0.15) is 5.56 Å². The monoisotopic (exact) mass is 448 g/mol. The summed E-state index contributed by atoms with van der Waals surface area (Å²) in [5, 5.41) is 2.85. The Morgan fingerprint density at radius 3 is 2.47 bits per heavy atom. The molecular weight excluding hydrogens is 431 g/mol. The van der Waals surface area contributed by atoms with Crippen molar-refractivity contribution in [2.24, 2.45) is 0 Å². The molecule has 0 aliphatic heterocycles. The Morgan fingerprint density at radius 2 is 1.77 bits per heavy atom. The summed E-state index contributed by atoms with van der Waals surface area (Å²) in [4.78, 5) is 12.1. The van der Waals surface area contributed by atoms with Crippen LogP contribution in [-0.4, -0.2) is 20.9 Å². The van der Waals surface area contributed by atoms with Crippen molar-refractivity contribution in [2.45, 2.75) is 11.8 Å². The van der Waals surface area contributed by atoms with Crippen LogP contribution < -0.4 is 14.8 Å². The van der Waals surface area contributed by atoms with E-state index in [9.17, 15) is 17.6 Å². The molecule has 0 aliphatic carbocycles. The molecule has 0 bridgehead atoms. The summed E-state index contributed by atoms with van der Waals surface area (Å²) in [6, 6.07) is 16.2. The SMILES string of the molecule is Cc1ccc(NC(=O)COc2ccc(F)cc2)cc1S(=O)(=O)Nc1ccccc1Cl. The molecule has 6 nitrogen and oxygen atoms in total. The molecule has 0 saturated carbocycles. The summed E-state index contributed by atoms with van der Waals surface area (Å²) in [6.07, 6.45) is 0. The minimum Gasteiger partial charge on any atom is -0.484 e. The summed E-state index contributed by atoms with van der Waals surface area (Å²) in [5.74, 6) is -0.571. The van der Waals surface area contributed by atoms with E-state index in [0.29, 0.717) is 11.3 Å². The molecule has 3 aromatic rings. The van der Waals surface area contributed by atoms with Gasteiger partial charge in [-0.15, -0.1) is 0 Å². The minimum absolute atomic E-state index is 0.000303. The van der Waals surface area contributed by atoms with Crippen LogP contribution in [0.3, 0.4) is 0 Å². The lowest BCUT2D eigenvalue weighted by atomic mass is 10.2. The topological polar surface area (TPSA) is 84.5 Å². The van der Waals surface area contributed by atoms with Crippen molar-refractivity contribution >= 4 is 38.9 Å². The zero-order valence-electron chi connectivity index (χ0n) is 15.9. The van der Waals surface area contributed by atoms with Gasteiger partial charge in [-0.25, -0.2) is 12.8 Å². The van der Waals surface area contributed by atoms with Gasteiger partial charge < -0.3 is 10.1 Å². The molecule has 156 valence electrons. The van der Waals surface area contributed by atoms with Gasteiger partial charge in [-0.3, -0.25) is 9.52 Å². The first-order valence-corrected chi connectivity index (χ1v) is 10.7. The zero-order valence-corrected chi connectivity index (χ0v) is 17.4. The number of benzene rings is 3. The van der Waals surface area contributed by atoms with E-state index >= 15 is 0 Å². The Labute approximate surface area is 178 Å². The Bertz CT molecular complexity index is 1170. The highest BCUT2D eigenvalue weighted by Crippen LogP contribution is 2.26. The number of para-hydroxylation sites is 1. The first kappa shape index (κ1) is 21.6. The Hall–Kier alpha value is -3.10. The Kier molecular flexibility index (Phi) is 6.59. The van der Waals surface area contributed by atoms with E-state index in [0.717, 1.165) is 0 Å². The van der Waals surface area contributed by atoms with Crippen LogP contribution in [-0.2, 0) is 14.8 Å². The van der Waals surface area contributed by atoms with Gasteiger partial charge in [0.15, 0.2) is 6.61 Å². The molecule has 30 heavy (non-hydrogen) atoms. The van der Waals surface area contributed by atoms with Crippen LogP contribution in [0.2, 0.25) is 5.02 Å². The van der Waals surface area contributed by atoms with E-state index in [2.05, 4.69) is 10.0 Å². The molecular formula is C21H18ClFN2O4S. The maximum atomic E-state index is 12.9. The average Bonchev–Trinajstić information content (AvgIpc) is 2.70. The Balaban J connectivity index is 1.72. The second kappa shape index (κ2) is 9.15. The van der Waals surface area contributed by atoms with E-state index in [1.807, 2.05) is 0 Å². The number of carbonyl (C=O) groups is 1. The molecule has 0 fully saturated rings. The van der Waals surface area contributed by atoms with Gasteiger partial charge in [0.1, 0.15) is 11.6 Å². The first-order chi connectivity index (χ1) is 14.2. The summed E-state index contributed by atoms with van der Waals surface area (Å²) in [6.45, 7) is 1.32.